The molecule has 1 N–H and O–H groups in total. The molecule has 1 aliphatic heterocycles. The van der Waals surface area contributed by atoms with Gasteiger partial charge in [-0.2, -0.15) is 0 Å². The van der Waals surface area contributed by atoms with Gasteiger partial charge in [0.1, 0.15) is 5.76 Å². The van der Waals surface area contributed by atoms with Gasteiger partial charge in [-0.3, -0.25) is 4.79 Å². The average Bonchev–Trinajstić information content (AvgIpc) is 2.80. The van der Waals surface area contributed by atoms with Crippen LogP contribution >= 0.6 is 12.4 Å². The molecule has 7 nitrogen and oxygen atoms in total. The third-order valence-electron chi connectivity index (χ3n) is 3.52. The molecule has 1 aliphatic rings. The zero-order chi connectivity index (χ0) is 15.8. The SMILES string of the molecule is Cc1oc(S(=O)(=O)N(C)C)cc1C(=O)N1CCNC(C)C1.Cl. The van der Waals surface area contributed by atoms with Crippen LogP contribution in [0, 0.1) is 6.92 Å². The number of amides is 1. The van der Waals surface area contributed by atoms with Crippen molar-refractivity contribution in [2.24, 2.45) is 0 Å². The van der Waals surface area contributed by atoms with E-state index in [1.165, 1.54) is 20.2 Å². The molecule has 1 aromatic heterocycles. The highest BCUT2D eigenvalue weighted by Crippen LogP contribution is 2.22. The van der Waals surface area contributed by atoms with E-state index in [4.69, 9.17) is 4.42 Å². The number of carbonyl (C=O) groups excluding carboxylic acids is 1. The van der Waals surface area contributed by atoms with Crippen molar-refractivity contribution in [3.05, 3.63) is 17.4 Å². The molecular formula is C13H22ClN3O4S. The van der Waals surface area contributed by atoms with Crippen molar-refractivity contribution < 1.29 is 17.6 Å². The zero-order valence-electron chi connectivity index (χ0n) is 13.1. The summed E-state index contributed by atoms with van der Waals surface area (Å²) in [5.41, 5.74) is 0.310. The van der Waals surface area contributed by atoms with Gasteiger partial charge >= 0.3 is 0 Å². The van der Waals surface area contributed by atoms with E-state index >= 15 is 0 Å². The van der Waals surface area contributed by atoms with E-state index in [0.29, 0.717) is 24.4 Å². The number of nitrogens with one attached hydrogen (secondary N) is 1. The molecule has 1 unspecified atom stereocenters. The Morgan fingerprint density at radius 1 is 1.45 bits per heavy atom. The normalized spacial score (nSPS) is 19.1. The molecule has 1 aromatic rings. The molecule has 9 heteroatoms. The first-order valence-corrected chi connectivity index (χ1v) is 8.23. The highest BCUT2D eigenvalue weighted by atomic mass is 35.5. The second kappa shape index (κ2) is 6.99. The Kier molecular flexibility index (Phi) is 6.03. The van der Waals surface area contributed by atoms with Crippen molar-refractivity contribution >= 4 is 28.3 Å². The van der Waals surface area contributed by atoms with Crippen LogP contribution in [-0.4, -0.2) is 63.3 Å². The van der Waals surface area contributed by atoms with Crippen LogP contribution in [0.15, 0.2) is 15.6 Å². The van der Waals surface area contributed by atoms with Crippen LogP contribution in [0.4, 0.5) is 0 Å². The van der Waals surface area contributed by atoms with Gasteiger partial charge in [0.15, 0.2) is 0 Å². The lowest BCUT2D eigenvalue weighted by Crippen LogP contribution is -2.51. The van der Waals surface area contributed by atoms with Crippen molar-refractivity contribution in [2.45, 2.75) is 25.0 Å². The molecule has 0 bridgehead atoms. The molecule has 0 aromatic carbocycles. The first kappa shape index (κ1) is 19.0. The van der Waals surface area contributed by atoms with E-state index in [1.807, 2.05) is 6.92 Å². The lowest BCUT2D eigenvalue weighted by atomic mass is 10.2. The molecule has 1 fully saturated rings. The van der Waals surface area contributed by atoms with Gasteiger partial charge in [0, 0.05) is 45.8 Å². The number of hydrogen-bond acceptors (Lipinski definition) is 5. The quantitative estimate of drug-likeness (QED) is 0.866. The van der Waals surface area contributed by atoms with Crippen molar-refractivity contribution in [1.29, 1.82) is 0 Å². The first-order chi connectivity index (χ1) is 9.73. The number of hydrogen-bond donors (Lipinski definition) is 1. The van der Waals surface area contributed by atoms with E-state index in [-0.39, 0.29) is 29.4 Å². The maximum Gasteiger partial charge on any atom is 0.275 e. The summed E-state index contributed by atoms with van der Waals surface area (Å²) in [6, 6.07) is 1.54. The second-order valence-corrected chi connectivity index (χ2v) is 7.51. The maximum absolute atomic E-state index is 12.5. The maximum atomic E-state index is 12.5. The van der Waals surface area contributed by atoms with Gasteiger partial charge in [-0.15, -0.1) is 12.4 Å². The molecule has 0 saturated carbocycles. The largest absolute Gasteiger partial charge is 0.448 e. The van der Waals surface area contributed by atoms with Crippen LogP contribution in [0.2, 0.25) is 0 Å². The van der Waals surface area contributed by atoms with Gasteiger partial charge in [-0.1, -0.05) is 0 Å². The van der Waals surface area contributed by atoms with E-state index < -0.39 is 10.0 Å². The third kappa shape index (κ3) is 3.62. The number of halogens is 1. The highest BCUT2D eigenvalue weighted by molar-refractivity contribution is 7.88. The van der Waals surface area contributed by atoms with Crippen LogP contribution in [0.5, 0.6) is 0 Å². The summed E-state index contributed by atoms with van der Waals surface area (Å²) in [4.78, 5) is 14.2. The summed E-state index contributed by atoms with van der Waals surface area (Å²) in [5, 5.41) is 3.06. The summed E-state index contributed by atoms with van der Waals surface area (Å²) in [6.07, 6.45) is 0. The Morgan fingerprint density at radius 2 is 2.09 bits per heavy atom. The summed E-state index contributed by atoms with van der Waals surface area (Å²) in [6.45, 7) is 5.53. The lowest BCUT2D eigenvalue weighted by Gasteiger charge is -2.31. The molecule has 2 rings (SSSR count). The van der Waals surface area contributed by atoms with Gasteiger partial charge in [0.05, 0.1) is 5.56 Å². The minimum Gasteiger partial charge on any atom is -0.448 e. The number of sulfonamides is 1. The second-order valence-electron chi connectivity index (χ2n) is 5.43. The topological polar surface area (TPSA) is 82.9 Å². The fourth-order valence-corrected chi connectivity index (χ4v) is 3.12. The van der Waals surface area contributed by atoms with E-state index in [0.717, 1.165) is 10.8 Å². The van der Waals surface area contributed by atoms with Gasteiger partial charge in [0.2, 0.25) is 5.09 Å². The average molecular weight is 352 g/mol. The molecule has 1 atom stereocenters. The number of piperazine rings is 1. The Labute approximate surface area is 137 Å². The first-order valence-electron chi connectivity index (χ1n) is 6.79. The smallest absolute Gasteiger partial charge is 0.275 e. The minimum absolute atomic E-state index is 0. The number of aryl methyl sites for hydroxylation is 1. The predicted molar refractivity (Wildman–Crippen MR) is 84.9 cm³/mol. The zero-order valence-corrected chi connectivity index (χ0v) is 14.8. The van der Waals surface area contributed by atoms with Crippen LogP contribution in [-0.2, 0) is 10.0 Å². The molecular weight excluding hydrogens is 330 g/mol. The van der Waals surface area contributed by atoms with Crippen LogP contribution in [0.1, 0.15) is 23.0 Å². The minimum atomic E-state index is -3.67. The molecule has 2 heterocycles. The van der Waals surface area contributed by atoms with Gasteiger partial charge in [0.25, 0.3) is 15.9 Å². The number of nitrogens with zero attached hydrogens (tertiary/aromatic N) is 2. The fraction of sp³-hybridized carbons (Fsp3) is 0.615. The summed E-state index contributed by atoms with van der Waals surface area (Å²) in [7, 11) is -0.823. The van der Waals surface area contributed by atoms with Gasteiger partial charge in [-0.05, 0) is 13.8 Å². The molecule has 22 heavy (non-hydrogen) atoms. The summed E-state index contributed by atoms with van der Waals surface area (Å²) in [5.74, 6) is 0.136. The molecule has 1 amide bonds. The van der Waals surface area contributed by atoms with Crippen molar-refractivity contribution in [2.75, 3.05) is 33.7 Å². The van der Waals surface area contributed by atoms with E-state index in [1.54, 1.807) is 11.8 Å². The number of rotatable bonds is 3. The van der Waals surface area contributed by atoms with Gasteiger partial charge < -0.3 is 14.6 Å². The molecule has 126 valence electrons. The Morgan fingerprint density at radius 3 is 2.64 bits per heavy atom. The third-order valence-corrected chi connectivity index (χ3v) is 5.19. The van der Waals surface area contributed by atoms with E-state index in [9.17, 15) is 13.2 Å². The molecule has 0 spiro atoms. The predicted octanol–water partition coefficient (Wildman–Crippen LogP) is 0.694. The molecule has 0 aliphatic carbocycles. The van der Waals surface area contributed by atoms with Gasteiger partial charge in [-0.25, -0.2) is 12.7 Å². The number of furan rings is 1. The van der Waals surface area contributed by atoms with Crippen LogP contribution in [0.25, 0.3) is 0 Å². The van der Waals surface area contributed by atoms with Crippen molar-refractivity contribution in [1.82, 2.24) is 14.5 Å². The van der Waals surface area contributed by atoms with Crippen molar-refractivity contribution in [3.8, 4) is 0 Å². The Hall–Kier alpha value is -1.09. The lowest BCUT2D eigenvalue weighted by molar-refractivity contribution is 0.0707. The number of carbonyl (C=O) groups is 1. The van der Waals surface area contributed by atoms with Crippen molar-refractivity contribution in [3.63, 3.8) is 0 Å². The molecule has 1 saturated heterocycles. The van der Waals surface area contributed by atoms with Crippen LogP contribution < -0.4 is 5.32 Å². The monoisotopic (exact) mass is 351 g/mol. The fourth-order valence-electron chi connectivity index (χ4n) is 2.26. The molecule has 0 radical (unpaired) electrons. The Balaban J connectivity index is 0.00000242. The highest BCUT2D eigenvalue weighted by Gasteiger charge is 2.29. The standard InChI is InChI=1S/C13H21N3O4S.ClH/c1-9-8-16(6-5-14-9)13(17)11-7-12(20-10(11)2)21(18,19)15(3)4;/h7,9,14H,5-6,8H2,1-4H3;1H. The van der Waals surface area contributed by atoms with Crippen LogP contribution in [0.3, 0.4) is 0 Å². The summed E-state index contributed by atoms with van der Waals surface area (Å²) < 4.78 is 30.4. The Bertz CT molecular complexity index is 642. The summed E-state index contributed by atoms with van der Waals surface area (Å²) >= 11 is 0. The van der Waals surface area contributed by atoms with E-state index in [2.05, 4.69) is 5.32 Å².